The first-order chi connectivity index (χ1) is 12.2. The molecule has 2 amide bonds. The summed E-state index contributed by atoms with van der Waals surface area (Å²) in [4.78, 5) is 34.6. The molecule has 25 heavy (non-hydrogen) atoms. The van der Waals surface area contributed by atoms with Crippen LogP contribution in [0.4, 0.5) is 5.95 Å². The Morgan fingerprint density at radius 3 is 2.40 bits per heavy atom. The highest BCUT2D eigenvalue weighted by atomic mass is 16.2. The lowest BCUT2D eigenvalue weighted by molar-refractivity contribution is -0.120. The van der Waals surface area contributed by atoms with Gasteiger partial charge in [-0.1, -0.05) is 18.2 Å². The molecule has 130 valence electrons. The van der Waals surface area contributed by atoms with E-state index >= 15 is 0 Å². The topological polar surface area (TPSA) is 87.2 Å². The van der Waals surface area contributed by atoms with Crippen molar-refractivity contribution in [3.05, 3.63) is 54.4 Å². The summed E-state index contributed by atoms with van der Waals surface area (Å²) in [5, 5.41) is 5.62. The SMILES string of the molecule is O=C(CNC(=O)c1ccccc1)NC1CCN(c2ncccn2)CC1. The molecule has 1 saturated heterocycles. The molecule has 0 atom stereocenters. The number of nitrogens with zero attached hydrogens (tertiary/aromatic N) is 3. The molecule has 0 bridgehead atoms. The van der Waals surface area contributed by atoms with Gasteiger partial charge in [-0.15, -0.1) is 0 Å². The molecule has 7 heteroatoms. The lowest BCUT2D eigenvalue weighted by atomic mass is 10.1. The van der Waals surface area contributed by atoms with Gasteiger partial charge in [0.15, 0.2) is 0 Å². The Kier molecular flexibility index (Phi) is 5.56. The zero-order valence-corrected chi connectivity index (χ0v) is 13.9. The molecule has 2 aromatic rings. The second kappa shape index (κ2) is 8.23. The normalized spacial score (nSPS) is 14.8. The van der Waals surface area contributed by atoms with E-state index in [1.54, 1.807) is 42.7 Å². The van der Waals surface area contributed by atoms with Gasteiger partial charge in [-0.25, -0.2) is 9.97 Å². The summed E-state index contributed by atoms with van der Waals surface area (Å²) >= 11 is 0. The van der Waals surface area contributed by atoms with E-state index in [1.165, 1.54) is 0 Å². The van der Waals surface area contributed by atoms with Gasteiger partial charge in [-0.3, -0.25) is 9.59 Å². The van der Waals surface area contributed by atoms with Crippen molar-refractivity contribution in [2.45, 2.75) is 18.9 Å². The lowest BCUT2D eigenvalue weighted by Gasteiger charge is -2.32. The molecule has 1 aliphatic heterocycles. The van der Waals surface area contributed by atoms with Gasteiger partial charge in [-0.05, 0) is 31.0 Å². The van der Waals surface area contributed by atoms with E-state index in [0.717, 1.165) is 31.9 Å². The third-order valence-electron chi connectivity index (χ3n) is 4.14. The fraction of sp³-hybridized carbons (Fsp3) is 0.333. The van der Waals surface area contributed by atoms with Crippen LogP contribution in [-0.2, 0) is 4.79 Å². The number of amides is 2. The highest BCUT2D eigenvalue weighted by Crippen LogP contribution is 2.15. The van der Waals surface area contributed by atoms with Crippen molar-refractivity contribution in [1.29, 1.82) is 0 Å². The lowest BCUT2D eigenvalue weighted by Crippen LogP contribution is -2.47. The van der Waals surface area contributed by atoms with Crippen LogP contribution in [0, 0.1) is 0 Å². The van der Waals surface area contributed by atoms with Crippen molar-refractivity contribution in [2.24, 2.45) is 0 Å². The quantitative estimate of drug-likeness (QED) is 0.848. The minimum atomic E-state index is -0.244. The number of anilines is 1. The highest BCUT2D eigenvalue weighted by molar-refractivity contribution is 5.96. The monoisotopic (exact) mass is 339 g/mol. The first kappa shape index (κ1) is 16.9. The van der Waals surface area contributed by atoms with E-state index < -0.39 is 0 Å². The van der Waals surface area contributed by atoms with Crippen molar-refractivity contribution in [1.82, 2.24) is 20.6 Å². The van der Waals surface area contributed by atoms with Gasteiger partial charge in [0.1, 0.15) is 0 Å². The van der Waals surface area contributed by atoms with Crippen LogP contribution >= 0.6 is 0 Å². The maximum Gasteiger partial charge on any atom is 0.251 e. The van der Waals surface area contributed by atoms with Crippen LogP contribution in [0.2, 0.25) is 0 Å². The Labute approximate surface area is 146 Å². The summed E-state index contributed by atoms with van der Waals surface area (Å²) in [5.41, 5.74) is 0.548. The third-order valence-corrected chi connectivity index (χ3v) is 4.14. The molecule has 1 aromatic carbocycles. The maximum absolute atomic E-state index is 12.0. The number of piperidine rings is 1. The number of benzene rings is 1. The summed E-state index contributed by atoms with van der Waals surface area (Å²) in [6.45, 7) is 1.58. The third kappa shape index (κ3) is 4.76. The van der Waals surface area contributed by atoms with E-state index in [9.17, 15) is 9.59 Å². The molecule has 0 radical (unpaired) electrons. The molecule has 2 heterocycles. The van der Waals surface area contributed by atoms with Gasteiger partial charge in [-0.2, -0.15) is 0 Å². The fourth-order valence-corrected chi connectivity index (χ4v) is 2.81. The Balaban J connectivity index is 1.40. The predicted octanol–water partition coefficient (Wildman–Crippen LogP) is 0.992. The standard InChI is InChI=1S/C18H21N5O2/c24-16(13-21-17(25)14-5-2-1-3-6-14)22-15-7-11-23(12-8-15)18-19-9-4-10-20-18/h1-6,9-10,15H,7-8,11-13H2,(H,21,25)(H,22,24). The maximum atomic E-state index is 12.0. The molecule has 1 aliphatic rings. The number of nitrogens with one attached hydrogen (secondary N) is 2. The van der Waals surface area contributed by atoms with E-state index in [-0.39, 0.29) is 24.4 Å². The average Bonchev–Trinajstić information content (AvgIpc) is 2.68. The molecule has 0 aliphatic carbocycles. The van der Waals surface area contributed by atoms with Gasteiger partial charge >= 0.3 is 0 Å². The summed E-state index contributed by atoms with van der Waals surface area (Å²) in [6, 6.07) is 10.8. The molecular formula is C18H21N5O2. The second-order valence-electron chi connectivity index (χ2n) is 5.93. The highest BCUT2D eigenvalue weighted by Gasteiger charge is 2.22. The van der Waals surface area contributed by atoms with Crippen LogP contribution in [0.1, 0.15) is 23.2 Å². The van der Waals surface area contributed by atoms with E-state index in [4.69, 9.17) is 0 Å². The van der Waals surface area contributed by atoms with Crippen LogP contribution in [0.5, 0.6) is 0 Å². The zero-order chi connectivity index (χ0) is 17.5. The number of hydrogen-bond donors (Lipinski definition) is 2. The van der Waals surface area contributed by atoms with Crippen LogP contribution in [0.15, 0.2) is 48.8 Å². The molecule has 3 rings (SSSR count). The molecule has 0 saturated carbocycles. The van der Waals surface area contributed by atoms with Crippen molar-refractivity contribution in [3.8, 4) is 0 Å². The smallest absolute Gasteiger partial charge is 0.251 e. The van der Waals surface area contributed by atoms with Crippen molar-refractivity contribution >= 4 is 17.8 Å². The fourth-order valence-electron chi connectivity index (χ4n) is 2.81. The van der Waals surface area contributed by atoms with Crippen LogP contribution in [0.25, 0.3) is 0 Å². The van der Waals surface area contributed by atoms with Gasteiger partial charge in [0.2, 0.25) is 11.9 Å². The summed E-state index contributed by atoms with van der Waals surface area (Å²) in [5.74, 6) is 0.313. The molecular weight excluding hydrogens is 318 g/mol. The van der Waals surface area contributed by atoms with Gasteiger partial charge in [0.25, 0.3) is 5.91 Å². The number of hydrogen-bond acceptors (Lipinski definition) is 5. The van der Waals surface area contributed by atoms with Crippen molar-refractivity contribution in [3.63, 3.8) is 0 Å². The zero-order valence-electron chi connectivity index (χ0n) is 13.9. The van der Waals surface area contributed by atoms with E-state index in [1.807, 2.05) is 6.07 Å². The van der Waals surface area contributed by atoms with Crippen LogP contribution in [0.3, 0.4) is 0 Å². The van der Waals surface area contributed by atoms with E-state index in [0.29, 0.717) is 5.56 Å². The predicted molar refractivity (Wildman–Crippen MR) is 94.2 cm³/mol. The second-order valence-corrected chi connectivity index (χ2v) is 5.93. The Morgan fingerprint density at radius 2 is 1.72 bits per heavy atom. The first-order valence-corrected chi connectivity index (χ1v) is 8.37. The molecule has 1 aromatic heterocycles. The largest absolute Gasteiger partial charge is 0.352 e. The van der Waals surface area contributed by atoms with E-state index in [2.05, 4.69) is 25.5 Å². The molecule has 2 N–H and O–H groups in total. The van der Waals surface area contributed by atoms with Crippen LogP contribution in [-0.4, -0.2) is 47.5 Å². The van der Waals surface area contributed by atoms with Gasteiger partial charge in [0.05, 0.1) is 6.54 Å². The summed E-state index contributed by atoms with van der Waals surface area (Å²) in [6.07, 6.45) is 5.12. The summed E-state index contributed by atoms with van der Waals surface area (Å²) in [7, 11) is 0. The van der Waals surface area contributed by atoms with Crippen LogP contribution < -0.4 is 15.5 Å². The first-order valence-electron chi connectivity index (χ1n) is 8.37. The Hall–Kier alpha value is -2.96. The molecule has 0 unspecified atom stereocenters. The Morgan fingerprint density at radius 1 is 1.04 bits per heavy atom. The molecule has 7 nitrogen and oxygen atoms in total. The Bertz CT molecular complexity index is 700. The van der Waals surface area contributed by atoms with Gasteiger partial charge in [0, 0.05) is 37.1 Å². The molecule has 1 fully saturated rings. The number of aromatic nitrogens is 2. The number of rotatable bonds is 5. The minimum absolute atomic E-state index is 0.0181. The molecule has 0 spiro atoms. The summed E-state index contributed by atoms with van der Waals surface area (Å²) < 4.78 is 0. The van der Waals surface area contributed by atoms with Crippen molar-refractivity contribution < 1.29 is 9.59 Å². The number of carbonyl (C=O) groups excluding carboxylic acids is 2. The number of carbonyl (C=O) groups is 2. The van der Waals surface area contributed by atoms with Gasteiger partial charge < -0.3 is 15.5 Å². The average molecular weight is 339 g/mol. The minimum Gasteiger partial charge on any atom is -0.352 e. The van der Waals surface area contributed by atoms with Crippen molar-refractivity contribution in [2.75, 3.05) is 24.5 Å².